The molecule has 1 aliphatic heterocycles. The number of benzene rings is 1. The van der Waals surface area contributed by atoms with Crippen LogP contribution in [0.15, 0.2) is 18.2 Å². The molecule has 2 unspecified atom stereocenters. The summed E-state index contributed by atoms with van der Waals surface area (Å²) in [5.74, 6) is 0.388. The van der Waals surface area contributed by atoms with Crippen LogP contribution in [0.1, 0.15) is 26.3 Å². The zero-order valence-corrected chi connectivity index (χ0v) is 15.4. The number of nitrogens with one attached hydrogen (secondary N) is 1. The molecule has 0 spiro atoms. The molecule has 2 N–H and O–H groups in total. The Hall–Kier alpha value is -2.48. The molecule has 8 heteroatoms. The van der Waals surface area contributed by atoms with Gasteiger partial charge in [0.25, 0.3) is 0 Å². The van der Waals surface area contributed by atoms with Crippen LogP contribution in [0.25, 0.3) is 0 Å². The molecule has 0 bridgehead atoms. The third-order valence-corrected chi connectivity index (χ3v) is 3.58. The normalized spacial score (nSPS) is 15.6. The summed E-state index contributed by atoms with van der Waals surface area (Å²) in [6.07, 6.45) is -2.14. The Morgan fingerprint density at radius 1 is 1.23 bits per heavy atom. The number of ether oxygens (including phenoxy) is 4. The lowest BCUT2D eigenvalue weighted by atomic mass is 10.0. The molecular weight excluding hydrogens is 342 g/mol. The fourth-order valence-corrected chi connectivity index (χ4v) is 2.45. The van der Waals surface area contributed by atoms with E-state index in [-0.39, 0.29) is 6.42 Å². The van der Waals surface area contributed by atoms with Gasteiger partial charge in [-0.3, -0.25) is 0 Å². The summed E-state index contributed by atoms with van der Waals surface area (Å²) in [7, 11) is 1.20. The van der Waals surface area contributed by atoms with Crippen molar-refractivity contribution < 1.29 is 33.6 Å². The average Bonchev–Trinajstić information content (AvgIpc) is 2.58. The highest BCUT2D eigenvalue weighted by atomic mass is 16.6. The van der Waals surface area contributed by atoms with Crippen LogP contribution >= 0.6 is 0 Å². The molecule has 0 aliphatic carbocycles. The smallest absolute Gasteiger partial charge is 0.407 e. The van der Waals surface area contributed by atoms with E-state index in [0.29, 0.717) is 24.7 Å². The number of aliphatic hydroxyl groups is 1. The minimum Gasteiger partial charge on any atom is -0.486 e. The van der Waals surface area contributed by atoms with Crippen LogP contribution in [-0.2, 0) is 20.7 Å². The standard InChI is InChI=1S/C18H25NO7/c1-18(2,3)26-16(21)15(20)12(19-17(22)23-4)9-11-5-6-13-14(10-11)25-8-7-24-13/h5-6,10,12,15,20H,7-9H2,1-4H3,(H,19,22). The van der Waals surface area contributed by atoms with Crippen LogP contribution in [0.4, 0.5) is 4.79 Å². The van der Waals surface area contributed by atoms with Gasteiger partial charge in [-0.2, -0.15) is 0 Å². The number of carbonyl (C=O) groups is 2. The van der Waals surface area contributed by atoms with Crippen LogP contribution < -0.4 is 14.8 Å². The van der Waals surface area contributed by atoms with Gasteiger partial charge < -0.3 is 29.4 Å². The summed E-state index contributed by atoms with van der Waals surface area (Å²) in [5.41, 5.74) is -0.0107. The Morgan fingerprint density at radius 2 is 1.88 bits per heavy atom. The quantitative estimate of drug-likeness (QED) is 0.759. The maximum Gasteiger partial charge on any atom is 0.407 e. The predicted octanol–water partition coefficient (Wildman–Crippen LogP) is 1.43. The van der Waals surface area contributed by atoms with Gasteiger partial charge >= 0.3 is 12.1 Å². The molecule has 0 radical (unpaired) electrons. The van der Waals surface area contributed by atoms with Crippen molar-refractivity contribution >= 4 is 12.1 Å². The van der Waals surface area contributed by atoms with Crippen molar-refractivity contribution in [3.63, 3.8) is 0 Å². The average molecular weight is 367 g/mol. The Labute approximate surface area is 152 Å². The summed E-state index contributed by atoms with van der Waals surface area (Å²) in [6.45, 7) is 6.01. The van der Waals surface area contributed by atoms with E-state index >= 15 is 0 Å². The van der Waals surface area contributed by atoms with Crippen LogP contribution in [0.2, 0.25) is 0 Å². The Kier molecular flexibility index (Phi) is 6.31. The molecule has 1 amide bonds. The number of carbonyl (C=O) groups excluding carboxylic acids is 2. The maximum atomic E-state index is 12.2. The molecule has 0 fully saturated rings. The van der Waals surface area contributed by atoms with Crippen molar-refractivity contribution in [1.29, 1.82) is 0 Å². The molecule has 1 aromatic rings. The van der Waals surface area contributed by atoms with Crippen molar-refractivity contribution in [3.8, 4) is 11.5 Å². The first-order valence-corrected chi connectivity index (χ1v) is 8.33. The Balaban J connectivity index is 2.16. The molecule has 2 rings (SSSR count). The summed E-state index contributed by atoms with van der Waals surface area (Å²) in [4.78, 5) is 23.8. The molecule has 144 valence electrons. The largest absolute Gasteiger partial charge is 0.486 e. The Bertz CT molecular complexity index is 653. The van der Waals surface area contributed by atoms with E-state index in [0.717, 1.165) is 5.56 Å². The molecule has 8 nitrogen and oxygen atoms in total. The van der Waals surface area contributed by atoms with Gasteiger partial charge in [-0.05, 0) is 44.9 Å². The number of aliphatic hydroxyl groups excluding tert-OH is 1. The van der Waals surface area contributed by atoms with Crippen LogP contribution in [-0.4, -0.2) is 55.2 Å². The number of esters is 1. The monoisotopic (exact) mass is 367 g/mol. The molecule has 1 aliphatic rings. The maximum absolute atomic E-state index is 12.2. The van der Waals surface area contributed by atoms with Crippen molar-refractivity contribution in [3.05, 3.63) is 23.8 Å². The van der Waals surface area contributed by atoms with Gasteiger partial charge in [-0.15, -0.1) is 0 Å². The minimum atomic E-state index is -1.55. The number of methoxy groups -OCH3 is 1. The zero-order valence-electron chi connectivity index (χ0n) is 15.4. The van der Waals surface area contributed by atoms with Crippen molar-refractivity contribution in [1.82, 2.24) is 5.32 Å². The summed E-state index contributed by atoms with van der Waals surface area (Å²) in [6, 6.07) is 4.35. The molecular formula is C18H25NO7. The molecule has 0 aromatic heterocycles. The minimum absolute atomic E-state index is 0.173. The first-order valence-electron chi connectivity index (χ1n) is 8.33. The number of rotatable bonds is 5. The molecule has 1 aromatic carbocycles. The van der Waals surface area contributed by atoms with Gasteiger partial charge in [0, 0.05) is 0 Å². The molecule has 0 saturated carbocycles. The SMILES string of the molecule is COC(=O)NC(Cc1ccc2c(c1)OCCO2)C(O)C(=O)OC(C)(C)C. The van der Waals surface area contributed by atoms with Gasteiger partial charge in [0.05, 0.1) is 13.2 Å². The van der Waals surface area contributed by atoms with Gasteiger partial charge in [0.2, 0.25) is 0 Å². The summed E-state index contributed by atoms with van der Waals surface area (Å²) >= 11 is 0. The topological polar surface area (TPSA) is 103 Å². The third kappa shape index (κ3) is 5.52. The van der Waals surface area contributed by atoms with Gasteiger partial charge in [0.15, 0.2) is 17.6 Å². The van der Waals surface area contributed by atoms with Crippen molar-refractivity contribution in [2.24, 2.45) is 0 Å². The van der Waals surface area contributed by atoms with Gasteiger partial charge in [0.1, 0.15) is 18.8 Å². The first-order chi connectivity index (χ1) is 12.2. The lowest BCUT2D eigenvalue weighted by Gasteiger charge is -2.27. The second-order valence-electron chi connectivity index (χ2n) is 6.90. The van der Waals surface area contributed by atoms with Crippen molar-refractivity contribution in [2.75, 3.05) is 20.3 Å². The summed E-state index contributed by atoms with van der Waals surface area (Å²) < 4.78 is 20.8. The zero-order chi connectivity index (χ0) is 19.3. The highest BCUT2D eigenvalue weighted by Gasteiger charge is 2.32. The van der Waals surface area contributed by atoms with Crippen LogP contribution in [0, 0.1) is 0 Å². The van der Waals surface area contributed by atoms with Gasteiger partial charge in [-0.25, -0.2) is 9.59 Å². The number of hydrogen-bond acceptors (Lipinski definition) is 7. The van der Waals surface area contributed by atoms with E-state index in [1.54, 1.807) is 39.0 Å². The van der Waals surface area contributed by atoms with E-state index in [9.17, 15) is 14.7 Å². The molecule has 26 heavy (non-hydrogen) atoms. The highest BCUT2D eigenvalue weighted by Crippen LogP contribution is 2.31. The lowest BCUT2D eigenvalue weighted by Crippen LogP contribution is -2.50. The number of alkyl carbamates (subject to hydrolysis) is 1. The predicted molar refractivity (Wildman–Crippen MR) is 92.3 cm³/mol. The van der Waals surface area contributed by atoms with E-state index in [2.05, 4.69) is 10.1 Å². The molecule has 2 atom stereocenters. The van der Waals surface area contributed by atoms with Crippen LogP contribution in [0.5, 0.6) is 11.5 Å². The number of hydrogen-bond donors (Lipinski definition) is 2. The van der Waals surface area contributed by atoms with Gasteiger partial charge in [-0.1, -0.05) is 6.07 Å². The van der Waals surface area contributed by atoms with Crippen molar-refractivity contribution in [2.45, 2.75) is 44.9 Å². The third-order valence-electron chi connectivity index (χ3n) is 3.58. The fourth-order valence-electron chi connectivity index (χ4n) is 2.45. The lowest BCUT2D eigenvalue weighted by molar-refractivity contribution is -0.166. The van der Waals surface area contributed by atoms with E-state index in [1.807, 2.05) is 0 Å². The molecule has 1 heterocycles. The Morgan fingerprint density at radius 3 is 2.50 bits per heavy atom. The second kappa shape index (κ2) is 8.27. The number of amides is 1. The van der Waals surface area contributed by atoms with E-state index < -0.39 is 29.8 Å². The van der Waals surface area contributed by atoms with E-state index in [1.165, 1.54) is 7.11 Å². The first kappa shape index (κ1) is 19.8. The molecule has 0 saturated heterocycles. The second-order valence-corrected chi connectivity index (χ2v) is 6.90. The summed E-state index contributed by atoms with van der Waals surface area (Å²) in [5, 5.41) is 12.9. The highest BCUT2D eigenvalue weighted by molar-refractivity contribution is 5.77. The van der Waals surface area contributed by atoms with Crippen LogP contribution in [0.3, 0.4) is 0 Å². The number of fused-ring (bicyclic) bond motifs is 1. The van der Waals surface area contributed by atoms with E-state index in [4.69, 9.17) is 14.2 Å². The fraction of sp³-hybridized carbons (Fsp3) is 0.556.